The lowest BCUT2D eigenvalue weighted by Crippen LogP contribution is -2.28. The number of carbonyl (C=O) groups excluding carboxylic acids is 1. The minimum atomic E-state index is -0.126. The fraction of sp³-hybridized carbons (Fsp3) is 0.500. The number of rotatable bonds is 4. The smallest absolute Gasteiger partial charge is 0.314 e. The van der Waals surface area contributed by atoms with E-state index in [0.29, 0.717) is 18.2 Å². The van der Waals surface area contributed by atoms with Crippen molar-refractivity contribution >= 4 is 24.3 Å². The molecule has 0 unspecified atom stereocenters. The van der Waals surface area contributed by atoms with Gasteiger partial charge in [0.1, 0.15) is 5.75 Å². The van der Waals surface area contributed by atoms with Crippen molar-refractivity contribution in [2.75, 3.05) is 6.54 Å². The molecule has 1 aliphatic carbocycles. The van der Waals surface area contributed by atoms with Crippen LogP contribution in [0.4, 0.5) is 0 Å². The third kappa shape index (κ3) is 5.56. The largest absolute Gasteiger partial charge is 0.426 e. The molecule has 2 rings (SSSR count). The lowest BCUT2D eigenvalue weighted by Gasteiger charge is -2.26. The van der Waals surface area contributed by atoms with Crippen LogP contribution in [0.5, 0.6) is 5.75 Å². The third-order valence-electron chi connectivity index (χ3n) is 3.95. The van der Waals surface area contributed by atoms with Gasteiger partial charge in [-0.15, -0.1) is 12.4 Å². The van der Waals surface area contributed by atoms with Crippen molar-refractivity contribution in [3.8, 4) is 5.75 Å². The molecule has 122 valence electrons. The van der Waals surface area contributed by atoms with E-state index >= 15 is 0 Å². The minimum absolute atomic E-state index is 0. The molecule has 0 bridgehead atoms. The molecule has 0 atom stereocenters. The van der Waals surface area contributed by atoms with E-state index in [1.54, 1.807) is 0 Å². The van der Waals surface area contributed by atoms with Gasteiger partial charge in [0.2, 0.25) is 0 Å². The first-order valence-corrected chi connectivity index (χ1v) is 7.38. The molecule has 0 saturated heterocycles. The summed E-state index contributed by atoms with van der Waals surface area (Å²) in [7, 11) is 0. The monoisotopic (exact) mass is 325 g/mol. The molecule has 0 heterocycles. The van der Waals surface area contributed by atoms with Gasteiger partial charge in [0, 0.05) is 6.54 Å². The molecule has 0 amide bonds. The Bertz CT molecular complexity index is 505. The first-order chi connectivity index (χ1) is 10.0. The van der Waals surface area contributed by atoms with Gasteiger partial charge in [-0.25, -0.2) is 0 Å². The van der Waals surface area contributed by atoms with Gasteiger partial charge in [-0.1, -0.05) is 17.7 Å². The molecule has 1 aromatic carbocycles. The second-order valence-electron chi connectivity index (χ2n) is 5.72. The fourth-order valence-electron chi connectivity index (χ4n) is 2.62. The van der Waals surface area contributed by atoms with Crippen molar-refractivity contribution in [1.82, 2.24) is 0 Å². The number of aryl methyl sites for hydroxylation is 1. The van der Waals surface area contributed by atoms with E-state index in [1.807, 2.05) is 31.2 Å². The van der Waals surface area contributed by atoms with E-state index in [-0.39, 0.29) is 30.3 Å². The summed E-state index contributed by atoms with van der Waals surface area (Å²) in [5, 5.41) is 0. The van der Waals surface area contributed by atoms with Crippen LogP contribution in [-0.2, 0) is 4.79 Å². The average Bonchev–Trinajstić information content (AvgIpc) is 2.48. The second kappa shape index (κ2) is 8.63. The summed E-state index contributed by atoms with van der Waals surface area (Å²) in [5.41, 5.74) is 11.8. The fourth-order valence-corrected chi connectivity index (χ4v) is 2.62. The van der Waals surface area contributed by atoms with Crippen LogP contribution in [0.25, 0.3) is 0 Å². The van der Waals surface area contributed by atoms with Crippen molar-refractivity contribution in [2.45, 2.75) is 32.6 Å². The van der Waals surface area contributed by atoms with Crippen LogP contribution in [0.3, 0.4) is 0 Å². The molecule has 1 aliphatic rings. The van der Waals surface area contributed by atoms with Crippen LogP contribution in [0.2, 0.25) is 0 Å². The van der Waals surface area contributed by atoms with Gasteiger partial charge in [-0.05, 0) is 50.7 Å². The summed E-state index contributed by atoms with van der Waals surface area (Å²) >= 11 is 0. The molecule has 0 radical (unpaired) electrons. The third-order valence-corrected chi connectivity index (χ3v) is 3.95. The molecule has 4 N–H and O–H groups in total. The number of aliphatic imine (C=N–C) groups is 1. The lowest BCUT2D eigenvalue weighted by atomic mass is 9.82. The van der Waals surface area contributed by atoms with Crippen molar-refractivity contribution in [3.05, 3.63) is 29.8 Å². The van der Waals surface area contributed by atoms with Crippen LogP contribution < -0.4 is 16.2 Å². The van der Waals surface area contributed by atoms with Crippen molar-refractivity contribution < 1.29 is 9.53 Å². The van der Waals surface area contributed by atoms with E-state index in [1.165, 1.54) is 0 Å². The predicted molar refractivity (Wildman–Crippen MR) is 90.2 cm³/mol. The quantitative estimate of drug-likeness (QED) is 0.385. The lowest BCUT2D eigenvalue weighted by molar-refractivity contribution is -0.140. The highest BCUT2D eigenvalue weighted by Gasteiger charge is 2.27. The highest BCUT2D eigenvalue weighted by molar-refractivity contribution is 5.85. The molecule has 0 aliphatic heterocycles. The van der Waals surface area contributed by atoms with E-state index in [9.17, 15) is 4.79 Å². The SMILES string of the molecule is Cc1ccc(OC(=O)C2CCC(CN=C(N)N)CC2)cc1.Cl. The van der Waals surface area contributed by atoms with Crippen LogP contribution >= 0.6 is 12.4 Å². The second-order valence-corrected chi connectivity index (χ2v) is 5.72. The highest BCUT2D eigenvalue weighted by Crippen LogP contribution is 2.30. The number of nitrogens with two attached hydrogens (primary N) is 2. The summed E-state index contributed by atoms with van der Waals surface area (Å²) in [6, 6.07) is 7.54. The van der Waals surface area contributed by atoms with Gasteiger partial charge in [0.15, 0.2) is 5.96 Å². The van der Waals surface area contributed by atoms with Gasteiger partial charge in [-0.3, -0.25) is 9.79 Å². The summed E-state index contributed by atoms with van der Waals surface area (Å²) < 4.78 is 5.44. The zero-order valence-electron chi connectivity index (χ0n) is 12.8. The molecule has 6 heteroatoms. The maximum absolute atomic E-state index is 12.1. The number of ether oxygens (including phenoxy) is 1. The van der Waals surface area contributed by atoms with Crippen LogP contribution in [0, 0.1) is 18.8 Å². The molecule has 5 nitrogen and oxygen atoms in total. The summed E-state index contributed by atoms with van der Waals surface area (Å²) in [5.74, 6) is 1.08. The molecule has 1 aromatic rings. The topological polar surface area (TPSA) is 90.7 Å². The Balaban J connectivity index is 0.00000242. The summed E-state index contributed by atoms with van der Waals surface area (Å²) in [4.78, 5) is 16.2. The first kappa shape index (κ1) is 18.3. The van der Waals surface area contributed by atoms with Crippen LogP contribution in [-0.4, -0.2) is 18.5 Å². The summed E-state index contributed by atoms with van der Waals surface area (Å²) in [6.07, 6.45) is 3.61. The van der Waals surface area contributed by atoms with Crippen molar-refractivity contribution in [3.63, 3.8) is 0 Å². The van der Waals surface area contributed by atoms with E-state index < -0.39 is 0 Å². The molecule has 22 heavy (non-hydrogen) atoms. The Morgan fingerprint density at radius 2 is 1.77 bits per heavy atom. The number of hydrogen-bond acceptors (Lipinski definition) is 3. The Hall–Kier alpha value is -1.75. The minimum Gasteiger partial charge on any atom is -0.426 e. The number of benzene rings is 1. The average molecular weight is 326 g/mol. The zero-order valence-corrected chi connectivity index (χ0v) is 13.6. The zero-order chi connectivity index (χ0) is 15.2. The predicted octanol–water partition coefficient (Wildman–Crippen LogP) is 2.40. The van der Waals surface area contributed by atoms with Crippen molar-refractivity contribution in [1.29, 1.82) is 0 Å². The first-order valence-electron chi connectivity index (χ1n) is 7.38. The molecule has 0 spiro atoms. The normalized spacial score (nSPS) is 20.6. The van der Waals surface area contributed by atoms with Crippen LogP contribution in [0.1, 0.15) is 31.2 Å². The van der Waals surface area contributed by atoms with E-state index in [0.717, 1.165) is 31.2 Å². The van der Waals surface area contributed by atoms with Crippen LogP contribution in [0.15, 0.2) is 29.3 Å². The maximum Gasteiger partial charge on any atom is 0.314 e. The Morgan fingerprint density at radius 3 is 2.32 bits per heavy atom. The van der Waals surface area contributed by atoms with Gasteiger partial charge in [0.25, 0.3) is 0 Å². The molecule has 1 saturated carbocycles. The Kier molecular flexibility index (Phi) is 7.18. The number of carbonyl (C=O) groups is 1. The number of halogens is 1. The maximum atomic E-state index is 12.1. The molecule has 1 fully saturated rings. The van der Waals surface area contributed by atoms with E-state index in [2.05, 4.69) is 4.99 Å². The summed E-state index contributed by atoms with van der Waals surface area (Å²) in [6.45, 7) is 2.66. The Morgan fingerprint density at radius 1 is 1.18 bits per heavy atom. The highest BCUT2D eigenvalue weighted by atomic mass is 35.5. The molecular weight excluding hydrogens is 302 g/mol. The number of guanidine groups is 1. The Labute approximate surface area is 137 Å². The van der Waals surface area contributed by atoms with Gasteiger partial charge in [0.05, 0.1) is 5.92 Å². The standard InChI is InChI=1S/C16H23N3O2.ClH/c1-11-2-8-14(9-3-11)21-15(20)13-6-4-12(5-7-13)10-19-16(17)18;/h2-3,8-9,12-13H,4-7,10H2,1H3,(H4,17,18,19);1H. The van der Waals surface area contributed by atoms with Gasteiger partial charge in [-0.2, -0.15) is 0 Å². The number of nitrogens with zero attached hydrogens (tertiary/aromatic N) is 1. The molecule has 0 aromatic heterocycles. The van der Waals surface area contributed by atoms with Gasteiger partial charge >= 0.3 is 5.97 Å². The molecular formula is C16H24ClN3O2. The van der Waals surface area contributed by atoms with Gasteiger partial charge < -0.3 is 16.2 Å². The van der Waals surface area contributed by atoms with Crippen molar-refractivity contribution in [2.24, 2.45) is 28.3 Å². The number of hydrogen-bond donors (Lipinski definition) is 2. The van der Waals surface area contributed by atoms with E-state index in [4.69, 9.17) is 16.2 Å². The number of esters is 1.